The Morgan fingerprint density at radius 1 is 1.25 bits per heavy atom. The predicted octanol–water partition coefficient (Wildman–Crippen LogP) is 3.24. The van der Waals surface area contributed by atoms with Gasteiger partial charge in [-0.05, 0) is 24.7 Å². The first-order chi connectivity index (χ1) is 5.70. The van der Waals surface area contributed by atoms with Crippen LogP contribution in [0.3, 0.4) is 0 Å². The van der Waals surface area contributed by atoms with Crippen molar-refractivity contribution in [2.45, 2.75) is 52.6 Å². The highest BCUT2D eigenvalue weighted by Gasteiger charge is 2.21. The van der Waals surface area contributed by atoms with E-state index in [0.29, 0.717) is 12.0 Å². The van der Waals surface area contributed by atoms with E-state index in [0.717, 1.165) is 12.5 Å². The lowest BCUT2D eigenvalue weighted by atomic mass is 9.88. The van der Waals surface area contributed by atoms with Crippen LogP contribution in [0, 0.1) is 11.8 Å². The van der Waals surface area contributed by atoms with E-state index in [-0.39, 0.29) is 0 Å². The molecule has 1 nitrogen and oxygen atoms in total. The summed E-state index contributed by atoms with van der Waals surface area (Å²) in [6.07, 6.45) is 5.98. The molecule has 1 fully saturated rings. The summed E-state index contributed by atoms with van der Waals surface area (Å²) < 4.78 is 5.86. The predicted molar refractivity (Wildman–Crippen MR) is 52.2 cm³/mol. The fraction of sp³-hybridized carbons (Fsp3) is 1.00. The van der Waals surface area contributed by atoms with Gasteiger partial charge in [-0.25, -0.2) is 0 Å². The SMILES string of the molecule is CC(C)COC1CCCCC1C. The summed E-state index contributed by atoms with van der Waals surface area (Å²) in [6.45, 7) is 7.69. The number of hydrogen-bond acceptors (Lipinski definition) is 1. The topological polar surface area (TPSA) is 9.23 Å². The molecule has 0 aliphatic heterocycles. The lowest BCUT2D eigenvalue weighted by Crippen LogP contribution is -2.26. The molecule has 0 aromatic heterocycles. The molecular weight excluding hydrogens is 148 g/mol. The first-order valence-corrected chi connectivity index (χ1v) is 5.31. The highest BCUT2D eigenvalue weighted by molar-refractivity contribution is 4.72. The first kappa shape index (κ1) is 10.0. The zero-order chi connectivity index (χ0) is 8.97. The van der Waals surface area contributed by atoms with E-state index >= 15 is 0 Å². The minimum Gasteiger partial charge on any atom is -0.378 e. The Balaban J connectivity index is 2.20. The van der Waals surface area contributed by atoms with Crippen LogP contribution in [-0.2, 0) is 4.74 Å². The van der Waals surface area contributed by atoms with Crippen LogP contribution in [0.4, 0.5) is 0 Å². The molecule has 1 heteroatoms. The molecule has 12 heavy (non-hydrogen) atoms. The summed E-state index contributed by atoms with van der Waals surface area (Å²) in [5.41, 5.74) is 0. The highest BCUT2D eigenvalue weighted by atomic mass is 16.5. The van der Waals surface area contributed by atoms with Crippen LogP contribution in [0.2, 0.25) is 0 Å². The number of rotatable bonds is 3. The van der Waals surface area contributed by atoms with Crippen molar-refractivity contribution < 1.29 is 4.74 Å². The summed E-state index contributed by atoms with van der Waals surface area (Å²) in [5, 5.41) is 0. The second kappa shape index (κ2) is 4.86. The Morgan fingerprint density at radius 2 is 1.92 bits per heavy atom. The fourth-order valence-electron chi connectivity index (χ4n) is 1.85. The van der Waals surface area contributed by atoms with Crippen molar-refractivity contribution in [3.05, 3.63) is 0 Å². The van der Waals surface area contributed by atoms with Gasteiger partial charge in [0.25, 0.3) is 0 Å². The molecule has 0 amide bonds. The smallest absolute Gasteiger partial charge is 0.0600 e. The lowest BCUT2D eigenvalue weighted by molar-refractivity contribution is -0.0170. The molecule has 0 spiro atoms. The van der Waals surface area contributed by atoms with Crippen molar-refractivity contribution >= 4 is 0 Å². The third kappa shape index (κ3) is 3.14. The molecule has 1 saturated carbocycles. The molecule has 0 radical (unpaired) electrons. The van der Waals surface area contributed by atoms with Crippen LogP contribution >= 0.6 is 0 Å². The van der Waals surface area contributed by atoms with E-state index in [1.54, 1.807) is 0 Å². The fourth-order valence-corrected chi connectivity index (χ4v) is 1.85. The summed E-state index contributed by atoms with van der Waals surface area (Å²) >= 11 is 0. The second-order valence-electron chi connectivity index (χ2n) is 4.53. The van der Waals surface area contributed by atoms with E-state index in [2.05, 4.69) is 20.8 Å². The zero-order valence-corrected chi connectivity index (χ0v) is 8.68. The maximum atomic E-state index is 5.86. The van der Waals surface area contributed by atoms with E-state index in [1.807, 2.05) is 0 Å². The first-order valence-electron chi connectivity index (χ1n) is 5.31. The van der Waals surface area contributed by atoms with Gasteiger partial charge < -0.3 is 4.74 Å². The molecule has 1 aliphatic carbocycles. The third-order valence-electron chi connectivity index (χ3n) is 2.68. The monoisotopic (exact) mass is 170 g/mol. The standard InChI is InChI=1S/C11H22O/c1-9(2)8-12-11-7-5-4-6-10(11)3/h9-11H,4-8H2,1-3H3. The molecule has 1 rings (SSSR count). The molecule has 0 aromatic rings. The van der Waals surface area contributed by atoms with Gasteiger partial charge in [0.15, 0.2) is 0 Å². The number of ether oxygens (including phenoxy) is 1. The van der Waals surface area contributed by atoms with Gasteiger partial charge in [0, 0.05) is 6.61 Å². The van der Waals surface area contributed by atoms with Crippen molar-refractivity contribution in [1.29, 1.82) is 0 Å². The van der Waals surface area contributed by atoms with Gasteiger partial charge in [-0.3, -0.25) is 0 Å². The molecule has 0 heterocycles. The molecule has 2 atom stereocenters. The molecule has 0 N–H and O–H groups in total. The van der Waals surface area contributed by atoms with Crippen molar-refractivity contribution in [3.8, 4) is 0 Å². The normalized spacial score (nSPS) is 31.0. The maximum Gasteiger partial charge on any atom is 0.0600 e. The Kier molecular flexibility index (Phi) is 4.07. The molecule has 0 aromatic carbocycles. The van der Waals surface area contributed by atoms with Gasteiger partial charge in [-0.1, -0.05) is 33.6 Å². The summed E-state index contributed by atoms with van der Waals surface area (Å²) in [4.78, 5) is 0. The average Bonchev–Trinajstić information content (AvgIpc) is 2.03. The van der Waals surface area contributed by atoms with E-state index < -0.39 is 0 Å². The van der Waals surface area contributed by atoms with E-state index in [9.17, 15) is 0 Å². The molecule has 1 aliphatic rings. The van der Waals surface area contributed by atoms with E-state index in [1.165, 1.54) is 25.7 Å². The van der Waals surface area contributed by atoms with Crippen LogP contribution in [0.25, 0.3) is 0 Å². The molecule has 2 unspecified atom stereocenters. The van der Waals surface area contributed by atoms with Gasteiger partial charge in [0.05, 0.1) is 6.10 Å². The van der Waals surface area contributed by atoms with E-state index in [4.69, 9.17) is 4.74 Å². The van der Waals surface area contributed by atoms with Crippen molar-refractivity contribution in [2.75, 3.05) is 6.61 Å². The van der Waals surface area contributed by atoms with Crippen LogP contribution in [0.15, 0.2) is 0 Å². The second-order valence-corrected chi connectivity index (χ2v) is 4.53. The molecule has 72 valence electrons. The van der Waals surface area contributed by atoms with Gasteiger partial charge >= 0.3 is 0 Å². The van der Waals surface area contributed by atoms with Crippen molar-refractivity contribution in [3.63, 3.8) is 0 Å². The third-order valence-corrected chi connectivity index (χ3v) is 2.68. The summed E-state index contributed by atoms with van der Waals surface area (Å²) in [6, 6.07) is 0. The maximum absolute atomic E-state index is 5.86. The van der Waals surface area contributed by atoms with Crippen LogP contribution in [-0.4, -0.2) is 12.7 Å². The lowest BCUT2D eigenvalue weighted by Gasteiger charge is -2.29. The summed E-state index contributed by atoms with van der Waals surface area (Å²) in [5.74, 6) is 1.47. The Hall–Kier alpha value is -0.0400. The highest BCUT2D eigenvalue weighted by Crippen LogP contribution is 2.26. The molecule has 0 bridgehead atoms. The van der Waals surface area contributed by atoms with Gasteiger partial charge in [-0.15, -0.1) is 0 Å². The Morgan fingerprint density at radius 3 is 2.50 bits per heavy atom. The minimum absolute atomic E-state index is 0.557. The average molecular weight is 170 g/mol. The van der Waals surface area contributed by atoms with Crippen molar-refractivity contribution in [2.24, 2.45) is 11.8 Å². The summed E-state index contributed by atoms with van der Waals surface area (Å²) in [7, 11) is 0. The zero-order valence-electron chi connectivity index (χ0n) is 8.68. The largest absolute Gasteiger partial charge is 0.378 e. The quantitative estimate of drug-likeness (QED) is 0.632. The van der Waals surface area contributed by atoms with Crippen LogP contribution in [0.5, 0.6) is 0 Å². The van der Waals surface area contributed by atoms with Crippen molar-refractivity contribution in [1.82, 2.24) is 0 Å². The molecule has 0 saturated heterocycles. The van der Waals surface area contributed by atoms with Gasteiger partial charge in [0.2, 0.25) is 0 Å². The van der Waals surface area contributed by atoms with Crippen LogP contribution in [0.1, 0.15) is 46.5 Å². The number of hydrogen-bond donors (Lipinski definition) is 0. The van der Waals surface area contributed by atoms with Gasteiger partial charge in [0.1, 0.15) is 0 Å². The van der Waals surface area contributed by atoms with Crippen LogP contribution < -0.4 is 0 Å². The molecular formula is C11H22O. The Labute approximate surface area is 76.5 Å². The minimum atomic E-state index is 0.557. The Bertz CT molecular complexity index is 120. The van der Waals surface area contributed by atoms with Gasteiger partial charge in [-0.2, -0.15) is 0 Å².